The molecule has 4 rings (SSSR count). The second kappa shape index (κ2) is 9.28. The van der Waals surface area contributed by atoms with Crippen LogP contribution in [0.15, 0.2) is 84.9 Å². The van der Waals surface area contributed by atoms with Gasteiger partial charge in [-0.3, -0.25) is 0 Å². The van der Waals surface area contributed by atoms with Crippen LogP contribution in [0.3, 0.4) is 0 Å². The van der Waals surface area contributed by atoms with E-state index in [2.05, 4.69) is 0 Å². The van der Waals surface area contributed by atoms with E-state index in [0.717, 1.165) is 21.5 Å². The van der Waals surface area contributed by atoms with Gasteiger partial charge in [0.15, 0.2) is 0 Å². The molecule has 27 heavy (non-hydrogen) atoms. The van der Waals surface area contributed by atoms with Crippen molar-refractivity contribution in [2.45, 2.75) is 0 Å². The standard InChI is InChI=1S/2C11H8O2.Hg/c2*12-11(13)10-6-5-8-3-1-2-4-9(8)7-10;/h2*1-7H,(H,12,13);/q;;+2/p-2. The molecular formula is C22H14HgO4. The van der Waals surface area contributed by atoms with Crippen molar-refractivity contribution in [1.29, 1.82) is 0 Å². The van der Waals surface area contributed by atoms with Gasteiger partial charge in [0.1, 0.15) is 0 Å². The van der Waals surface area contributed by atoms with Gasteiger partial charge >= 0.3 is 27.7 Å². The zero-order chi connectivity index (χ0) is 18.5. The number of carbonyl (C=O) groups is 2. The molecule has 0 atom stereocenters. The van der Waals surface area contributed by atoms with E-state index >= 15 is 0 Å². The summed E-state index contributed by atoms with van der Waals surface area (Å²) in [6.07, 6.45) is 0. The topological polar surface area (TPSA) is 80.3 Å². The van der Waals surface area contributed by atoms with Crippen molar-refractivity contribution in [2.75, 3.05) is 0 Å². The summed E-state index contributed by atoms with van der Waals surface area (Å²) in [6, 6.07) is 25.1. The predicted octanol–water partition coefficient (Wildman–Crippen LogP) is 2.40. The van der Waals surface area contributed by atoms with E-state index in [-0.39, 0.29) is 38.8 Å². The van der Waals surface area contributed by atoms with Crippen LogP contribution < -0.4 is 10.2 Å². The molecule has 0 aliphatic carbocycles. The number of carboxylic acids is 2. The number of aromatic carboxylic acids is 2. The summed E-state index contributed by atoms with van der Waals surface area (Å²) in [7, 11) is 0. The number of carboxylic acid groups (broad SMARTS) is 2. The van der Waals surface area contributed by atoms with Gasteiger partial charge in [0.05, 0.1) is 11.9 Å². The summed E-state index contributed by atoms with van der Waals surface area (Å²) in [5, 5.41) is 25.0. The fraction of sp³-hybridized carbons (Fsp3) is 0. The Morgan fingerprint density at radius 2 is 0.852 bits per heavy atom. The van der Waals surface area contributed by atoms with Gasteiger partial charge in [-0.15, -0.1) is 0 Å². The Labute approximate surface area is 176 Å². The fourth-order valence-electron chi connectivity index (χ4n) is 2.63. The van der Waals surface area contributed by atoms with Gasteiger partial charge in [-0.25, -0.2) is 0 Å². The minimum absolute atomic E-state index is 0. The Hall–Kier alpha value is -2.72. The van der Waals surface area contributed by atoms with E-state index in [1.54, 1.807) is 36.4 Å². The Bertz CT molecular complexity index is 1020. The first-order valence-corrected chi connectivity index (χ1v) is 7.95. The molecule has 0 fully saturated rings. The molecule has 0 bridgehead atoms. The third kappa shape index (κ3) is 5.14. The van der Waals surface area contributed by atoms with Crippen molar-refractivity contribution in [1.82, 2.24) is 0 Å². The van der Waals surface area contributed by atoms with Crippen molar-refractivity contribution in [3.63, 3.8) is 0 Å². The Kier molecular flexibility index (Phi) is 7.08. The number of hydrogen-bond donors (Lipinski definition) is 0. The van der Waals surface area contributed by atoms with Crippen LogP contribution in [0.2, 0.25) is 0 Å². The van der Waals surface area contributed by atoms with Crippen LogP contribution in [0.5, 0.6) is 0 Å². The maximum atomic E-state index is 10.5. The summed E-state index contributed by atoms with van der Waals surface area (Å²) < 4.78 is 0. The van der Waals surface area contributed by atoms with E-state index in [1.165, 1.54) is 0 Å². The van der Waals surface area contributed by atoms with E-state index in [1.807, 2.05) is 48.5 Å². The average Bonchev–Trinajstić information content (AvgIpc) is 2.67. The maximum Gasteiger partial charge on any atom is 2.00 e. The molecule has 0 saturated heterocycles. The molecule has 0 N–H and O–H groups in total. The quantitative estimate of drug-likeness (QED) is 0.364. The SMILES string of the molecule is O=C([O-])c1ccc2ccccc2c1.O=C([O-])c1ccc2ccccc2c1.[Hg+2]. The van der Waals surface area contributed by atoms with Gasteiger partial charge < -0.3 is 19.8 Å². The minimum atomic E-state index is -1.13. The first kappa shape index (κ1) is 20.6. The van der Waals surface area contributed by atoms with E-state index in [9.17, 15) is 19.8 Å². The molecule has 4 aromatic rings. The third-order valence-electron chi connectivity index (χ3n) is 3.97. The number of rotatable bonds is 2. The number of fused-ring (bicyclic) bond motifs is 2. The van der Waals surface area contributed by atoms with Crippen molar-refractivity contribution in [3.8, 4) is 0 Å². The molecule has 5 heteroatoms. The second-order valence-electron chi connectivity index (χ2n) is 5.70. The molecule has 0 aliphatic heterocycles. The Balaban J connectivity index is 0.000000187. The van der Waals surface area contributed by atoms with Crippen molar-refractivity contribution < 1.29 is 47.5 Å². The molecule has 0 heterocycles. The zero-order valence-electron chi connectivity index (χ0n) is 14.4. The zero-order valence-corrected chi connectivity index (χ0v) is 19.9. The molecule has 4 nitrogen and oxygen atoms in total. The van der Waals surface area contributed by atoms with Gasteiger partial charge in [0.2, 0.25) is 0 Å². The van der Waals surface area contributed by atoms with Crippen LogP contribution in [0.1, 0.15) is 20.7 Å². The molecule has 0 aromatic heterocycles. The van der Waals surface area contributed by atoms with Crippen molar-refractivity contribution >= 4 is 33.5 Å². The van der Waals surface area contributed by atoms with E-state index in [0.29, 0.717) is 0 Å². The summed E-state index contributed by atoms with van der Waals surface area (Å²) in [6.45, 7) is 0. The summed E-state index contributed by atoms with van der Waals surface area (Å²) >= 11 is 0. The fourth-order valence-corrected chi connectivity index (χ4v) is 2.63. The molecule has 128 valence electrons. The van der Waals surface area contributed by atoms with Gasteiger partial charge in [0.25, 0.3) is 0 Å². The monoisotopic (exact) mass is 544 g/mol. The molecule has 0 radical (unpaired) electrons. The molecule has 0 spiro atoms. The van der Waals surface area contributed by atoms with Crippen molar-refractivity contribution in [3.05, 3.63) is 96.1 Å². The molecule has 0 saturated carbocycles. The second-order valence-corrected chi connectivity index (χ2v) is 5.70. The molecule has 4 aromatic carbocycles. The van der Waals surface area contributed by atoms with Crippen LogP contribution in [0, 0.1) is 0 Å². The number of carbonyl (C=O) groups excluding carboxylic acids is 2. The van der Waals surface area contributed by atoms with Gasteiger partial charge in [0, 0.05) is 0 Å². The molecular weight excluding hydrogens is 529 g/mol. The van der Waals surface area contributed by atoms with Gasteiger partial charge in [-0.1, -0.05) is 72.8 Å². The van der Waals surface area contributed by atoms with Crippen LogP contribution >= 0.6 is 0 Å². The molecule has 0 aliphatic rings. The summed E-state index contributed by atoms with van der Waals surface area (Å²) in [5.41, 5.74) is 0.442. The van der Waals surface area contributed by atoms with Crippen LogP contribution in [-0.4, -0.2) is 11.9 Å². The van der Waals surface area contributed by atoms with Crippen LogP contribution in [-0.2, 0) is 27.7 Å². The molecule has 0 unspecified atom stereocenters. The summed E-state index contributed by atoms with van der Waals surface area (Å²) in [4.78, 5) is 21.1. The Morgan fingerprint density at radius 3 is 1.19 bits per heavy atom. The molecule has 0 amide bonds. The minimum Gasteiger partial charge on any atom is -0.545 e. The van der Waals surface area contributed by atoms with E-state index in [4.69, 9.17) is 0 Å². The van der Waals surface area contributed by atoms with Crippen LogP contribution in [0.4, 0.5) is 0 Å². The normalized spacial score (nSPS) is 9.78. The van der Waals surface area contributed by atoms with Crippen molar-refractivity contribution in [2.24, 2.45) is 0 Å². The summed E-state index contributed by atoms with van der Waals surface area (Å²) in [5.74, 6) is -2.27. The van der Waals surface area contributed by atoms with E-state index < -0.39 is 11.9 Å². The first-order chi connectivity index (χ1) is 12.5. The van der Waals surface area contributed by atoms with Crippen LogP contribution in [0.25, 0.3) is 21.5 Å². The smallest absolute Gasteiger partial charge is 0.545 e. The third-order valence-corrected chi connectivity index (χ3v) is 3.97. The number of benzene rings is 4. The average molecular weight is 543 g/mol. The Morgan fingerprint density at radius 1 is 0.519 bits per heavy atom. The largest absolute Gasteiger partial charge is 2.00 e. The first-order valence-electron chi connectivity index (χ1n) is 7.95. The predicted molar refractivity (Wildman–Crippen MR) is 96.6 cm³/mol. The van der Waals surface area contributed by atoms with Gasteiger partial charge in [-0.2, -0.15) is 0 Å². The number of hydrogen-bond acceptors (Lipinski definition) is 4. The maximum absolute atomic E-state index is 10.5. The van der Waals surface area contributed by atoms with Gasteiger partial charge in [-0.05, 0) is 44.8 Å².